The van der Waals surface area contributed by atoms with E-state index >= 15 is 0 Å². The van der Waals surface area contributed by atoms with Crippen LogP contribution in [-0.4, -0.2) is 56.0 Å². The minimum absolute atomic E-state index is 0.0896. The number of aryl methyl sites for hydroxylation is 1. The van der Waals surface area contributed by atoms with Crippen molar-refractivity contribution < 1.29 is 22.4 Å². The van der Waals surface area contributed by atoms with Gasteiger partial charge in [-0.2, -0.15) is 4.98 Å². The highest BCUT2D eigenvalue weighted by Gasteiger charge is 2.33. The largest absolute Gasteiger partial charge is 0.439 e. The van der Waals surface area contributed by atoms with Crippen LogP contribution in [0.1, 0.15) is 39.5 Å². The Morgan fingerprint density at radius 2 is 1.95 bits per heavy atom. The zero-order valence-corrected chi connectivity index (χ0v) is 24.8. The van der Waals surface area contributed by atoms with Crippen molar-refractivity contribution in [3.63, 3.8) is 0 Å². The third-order valence-corrected chi connectivity index (χ3v) is 8.83. The number of fused-ring (bicyclic) bond motifs is 2. The maximum Gasteiger partial charge on any atom is 0.405 e. The van der Waals surface area contributed by atoms with Gasteiger partial charge in [-0.3, -0.25) is 23.0 Å². The van der Waals surface area contributed by atoms with E-state index in [1.807, 2.05) is 4.90 Å². The predicted octanol–water partition coefficient (Wildman–Crippen LogP) is 2.99. The number of piperidine rings is 1. The number of rotatable bonds is 10. The van der Waals surface area contributed by atoms with Gasteiger partial charge in [0.25, 0.3) is 5.56 Å². The molecule has 13 nitrogen and oxygen atoms in total. The molecule has 3 aromatic heterocycles. The SMILES string of the molecule is CC#CCn1c(N2CCC[C@@H](NP(=O)(OCC)OCC)C2)nc2c1c(=O)n(Cc1nc3cc(F)ccc3o1)c(=O)n2C. The molecule has 224 valence electrons. The van der Waals surface area contributed by atoms with Crippen LogP contribution in [0.15, 0.2) is 32.2 Å². The van der Waals surface area contributed by atoms with Gasteiger partial charge in [0.2, 0.25) is 11.8 Å². The van der Waals surface area contributed by atoms with Gasteiger partial charge >= 0.3 is 13.4 Å². The molecule has 42 heavy (non-hydrogen) atoms. The highest BCUT2D eigenvalue weighted by atomic mass is 31.2. The lowest BCUT2D eigenvalue weighted by atomic mass is 10.1. The summed E-state index contributed by atoms with van der Waals surface area (Å²) < 4.78 is 47.3. The number of aromatic nitrogens is 5. The van der Waals surface area contributed by atoms with Gasteiger partial charge in [-0.05, 0) is 45.7 Å². The first-order valence-electron chi connectivity index (χ1n) is 13.7. The molecule has 1 aliphatic heterocycles. The van der Waals surface area contributed by atoms with E-state index in [4.69, 9.17) is 18.4 Å². The summed E-state index contributed by atoms with van der Waals surface area (Å²) in [6.07, 6.45) is 1.48. The summed E-state index contributed by atoms with van der Waals surface area (Å²) in [4.78, 5) is 38.2. The van der Waals surface area contributed by atoms with Crippen LogP contribution in [-0.2, 0) is 33.7 Å². The number of oxazole rings is 1. The lowest BCUT2D eigenvalue weighted by Crippen LogP contribution is -2.46. The van der Waals surface area contributed by atoms with Crippen molar-refractivity contribution in [2.45, 2.75) is 52.7 Å². The van der Waals surface area contributed by atoms with E-state index in [1.54, 1.807) is 25.3 Å². The van der Waals surface area contributed by atoms with Crippen LogP contribution in [0.4, 0.5) is 10.3 Å². The topological polar surface area (TPSA) is 139 Å². The quantitative estimate of drug-likeness (QED) is 0.213. The summed E-state index contributed by atoms with van der Waals surface area (Å²) in [7, 11) is -1.96. The standard InChI is InChI=1S/C27H33FN7O6P/c1-5-8-14-34-23-24(30-26(34)33-13-9-10-19(16-33)31-42(38,39-6-2)40-7-3)32(4)27(37)35(25(23)36)17-22-29-20-15-18(28)11-12-21(20)41-22/h11-12,15,19H,6-7,9-10,13-14,16-17H2,1-4H3,(H,31,38)/t19-/m1/s1. The first kappa shape index (κ1) is 29.7. The normalized spacial score (nSPS) is 15.8. The van der Waals surface area contributed by atoms with Gasteiger partial charge in [-0.15, -0.1) is 5.92 Å². The zero-order valence-electron chi connectivity index (χ0n) is 23.9. The van der Waals surface area contributed by atoms with Crippen molar-refractivity contribution in [3.8, 4) is 11.8 Å². The third kappa shape index (κ3) is 5.78. The Balaban J connectivity index is 1.55. The van der Waals surface area contributed by atoms with Gasteiger partial charge in [-0.25, -0.2) is 28.4 Å². The minimum atomic E-state index is -3.50. The second kappa shape index (κ2) is 12.2. The van der Waals surface area contributed by atoms with E-state index in [0.717, 1.165) is 17.4 Å². The number of hydrogen-bond acceptors (Lipinski definition) is 9. The average Bonchev–Trinajstić information content (AvgIpc) is 3.54. The number of nitrogens with one attached hydrogen (secondary N) is 1. The molecule has 0 bridgehead atoms. The van der Waals surface area contributed by atoms with Crippen molar-refractivity contribution in [3.05, 3.63) is 50.7 Å². The molecule has 4 aromatic rings. The molecule has 4 heterocycles. The van der Waals surface area contributed by atoms with Crippen LogP contribution in [0.2, 0.25) is 0 Å². The van der Waals surface area contributed by atoms with Crippen molar-refractivity contribution >= 4 is 36.0 Å². The Labute approximate surface area is 240 Å². The van der Waals surface area contributed by atoms with Crippen molar-refractivity contribution in [2.75, 3.05) is 31.2 Å². The number of imidazole rings is 1. The molecule has 5 rings (SSSR count). The monoisotopic (exact) mass is 601 g/mol. The van der Waals surface area contributed by atoms with Gasteiger partial charge in [0, 0.05) is 32.2 Å². The maximum atomic E-state index is 13.9. The van der Waals surface area contributed by atoms with Crippen LogP contribution >= 0.6 is 7.75 Å². The third-order valence-electron chi connectivity index (χ3n) is 6.96. The molecule has 15 heteroatoms. The van der Waals surface area contributed by atoms with Crippen LogP contribution in [0.5, 0.6) is 0 Å². The van der Waals surface area contributed by atoms with Gasteiger partial charge in [0.1, 0.15) is 17.9 Å². The lowest BCUT2D eigenvalue weighted by molar-refractivity contribution is 0.204. The Hall–Kier alpha value is -3.76. The molecular formula is C27H33FN7O6P. The summed E-state index contributed by atoms with van der Waals surface area (Å²) in [5.74, 6) is 5.94. The Bertz CT molecular complexity index is 1840. The second-order valence-electron chi connectivity index (χ2n) is 9.80. The molecule has 1 fully saturated rings. The molecule has 1 aliphatic rings. The van der Waals surface area contributed by atoms with E-state index in [1.165, 1.54) is 29.8 Å². The minimum Gasteiger partial charge on any atom is -0.439 e. The van der Waals surface area contributed by atoms with Crippen molar-refractivity contribution in [1.29, 1.82) is 0 Å². The first-order chi connectivity index (χ1) is 20.2. The zero-order chi connectivity index (χ0) is 30.0. The molecule has 0 spiro atoms. The molecule has 0 amide bonds. The fourth-order valence-electron chi connectivity index (χ4n) is 5.14. The lowest BCUT2D eigenvalue weighted by Gasteiger charge is -2.35. The maximum absolute atomic E-state index is 13.9. The van der Waals surface area contributed by atoms with Crippen LogP contribution in [0, 0.1) is 17.7 Å². The van der Waals surface area contributed by atoms with Crippen LogP contribution in [0.3, 0.4) is 0 Å². The smallest absolute Gasteiger partial charge is 0.405 e. The molecule has 0 aliphatic carbocycles. The Kier molecular flexibility index (Phi) is 8.65. The fraction of sp³-hybridized carbons (Fsp3) is 0.481. The number of halogens is 1. The summed E-state index contributed by atoms with van der Waals surface area (Å²) in [5, 5.41) is 3.06. The van der Waals surface area contributed by atoms with Gasteiger partial charge < -0.3 is 9.32 Å². The van der Waals surface area contributed by atoms with E-state index in [2.05, 4.69) is 21.9 Å². The van der Waals surface area contributed by atoms with E-state index in [-0.39, 0.29) is 54.9 Å². The number of anilines is 1. The highest BCUT2D eigenvalue weighted by Crippen LogP contribution is 2.44. The Morgan fingerprint density at radius 3 is 2.67 bits per heavy atom. The summed E-state index contributed by atoms with van der Waals surface area (Å²) in [5.41, 5.74) is -0.157. The van der Waals surface area contributed by atoms with E-state index in [0.29, 0.717) is 24.6 Å². The summed E-state index contributed by atoms with van der Waals surface area (Å²) in [6.45, 7) is 6.59. The second-order valence-corrected chi connectivity index (χ2v) is 11.6. The van der Waals surface area contributed by atoms with Crippen molar-refractivity contribution in [1.82, 2.24) is 28.8 Å². The van der Waals surface area contributed by atoms with E-state index in [9.17, 15) is 18.5 Å². The first-order valence-corrected chi connectivity index (χ1v) is 15.3. The van der Waals surface area contributed by atoms with Gasteiger partial charge in [-0.1, -0.05) is 5.92 Å². The number of hydrogen-bond donors (Lipinski definition) is 1. The molecule has 1 aromatic carbocycles. The fourth-order valence-corrected chi connectivity index (χ4v) is 6.70. The van der Waals surface area contributed by atoms with Crippen molar-refractivity contribution in [2.24, 2.45) is 7.05 Å². The molecular weight excluding hydrogens is 568 g/mol. The van der Waals surface area contributed by atoms with Crippen LogP contribution in [0.25, 0.3) is 22.3 Å². The summed E-state index contributed by atoms with van der Waals surface area (Å²) in [6, 6.07) is 3.67. The number of nitrogens with zero attached hydrogens (tertiary/aromatic N) is 6. The highest BCUT2D eigenvalue weighted by molar-refractivity contribution is 7.51. The molecule has 1 N–H and O–H groups in total. The predicted molar refractivity (Wildman–Crippen MR) is 155 cm³/mol. The molecule has 1 atom stereocenters. The molecule has 1 saturated heterocycles. The molecule has 0 unspecified atom stereocenters. The van der Waals surface area contributed by atoms with Gasteiger partial charge in [0.05, 0.1) is 19.8 Å². The number of benzene rings is 1. The Morgan fingerprint density at radius 1 is 1.19 bits per heavy atom. The average molecular weight is 602 g/mol. The van der Waals surface area contributed by atoms with Crippen LogP contribution < -0.4 is 21.2 Å². The van der Waals surface area contributed by atoms with E-state index < -0.39 is 24.8 Å². The van der Waals surface area contributed by atoms with Gasteiger partial charge in [0.15, 0.2) is 16.7 Å². The summed E-state index contributed by atoms with van der Waals surface area (Å²) >= 11 is 0. The molecule has 0 radical (unpaired) electrons. The molecule has 0 saturated carbocycles.